The first kappa shape index (κ1) is 33.3. The summed E-state index contributed by atoms with van der Waals surface area (Å²) in [5, 5.41) is 9.66. The Hall–Kier alpha value is -7.88. The number of furan rings is 1. The van der Waals surface area contributed by atoms with Gasteiger partial charge in [0.25, 0.3) is 0 Å². The molecule has 2 aromatic heterocycles. The van der Waals surface area contributed by atoms with Crippen LogP contribution in [0.25, 0.3) is 93.2 Å². The molecule has 0 radical (unpaired) electrons. The second-order valence-corrected chi connectivity index (χ2v) is 15.3. The van der Waals surface area contributed by atoms with E-state index in [9.17, 15) is 0 Å². The Morgan fingerprint density at radius 1 is 0.356 bits per heavy atom. The number of fused-ring (bicyclic) bond motifs is 9. The fourth-order valence-corrected chi connectivity index (χ4v) is 9.30. The number of hydrogen-bond acceptors (Lipinski definition) is 2. The zero-order valence-electron chi connectivity index (χ0n) is 32.1. The van der Waals surface area contributed by atoms with Crippen molar-refractivity contribution in [3.8, 4) is 27.9 Å². The lowest BCUT2D eigenvalue weighted by Crippen LogP contribution is -2.11. The van der Waals surface area contributed by atoms with E-state index in [1.54, 1.807) is 0 Å². The Kier molecular flexibility index (Phi) is 7.54. The molecule has 0 bridgehead atoms. The average molecular weight is 753 g/mol. The number of anilines is 3. The van der Waals surface area contributed by atoms with E-state index in [1.807, 2.05) is 12.1 Å². The Bertz CT molecular complexity index is 3520. The normalized spacial score (nSPS) is 11.7. The van der Waals surface area contributed by atoms with Gasteiger partial charge in [-0.25, -0.2) is 0 Å². The van der Waals surface area contributed by atoms with Crippen LogP contribution in [0.15, 0.2) is 223 Å². The van der Waals surface area contributed by atoms with Crippen LogP contribution in [-0.2, 0) is 0 Å². The third-order valence-corrected chi connectivity index (χ3v) is 12.0. The third kappa shape index (κ3) is 5.29. The molecule has 0 aliphatic heterocycles. The lowest BCUT2D eigenvalue weighted by atomic mass is 9.98. The largest absolute Gasteiger partial charge is 0.455 e. The van der Waals surface area contributed by atoms with Gasteiger partial charge in [0.15, 0.2) is 0 Å². The Balaban J connectivity index is 1.08. The zero-order chi connectivity index (χ0) is 38.9. The molecule has 0 aliphatic carbocycles. The van der Waals surface area contributed by atoms with E-state index < -0.39 is 0 Å². The first-order valence-electron chi connectivity index (χ1n) is 20.2. The molecule has 276 valence electrons. The number of hydrogen-bond donors (Lipinski definition) is 0. The second kappa shape index (κ2) is 13.4. The smallest absolute Gasteiger partial charge is 0.143 e. The molecule has 59 heavy (non-hydrogen) atoms. The molecule has 0 atom stereocenters. The molecule has 0 unspecified atom stereocenters. The van der Waals surface area contributed by atoms with Crippen LogP contribution in [-0.4, -0.2) is 4.57 Å². The van der Waals surface area contributed by atoms with Crippen molar-refractivity contribution in [2.45, 2.75) is 0 Å². The van der Waals surface area contributed by atoms with Crippen molar-refractivity contribution >= 4 is 82.4 Å². The van der Waals surface area contributed by atoms with Crippen molar-refractivity contribution < 1.29 is 4.42 Å². The maximum Gasteiger partial charge on any atom is 0.143 e. The zero-order valence-corrected chi connectivity index (χ0v) is 32.1. The van der Waals surface area contributed by atoms with Crippen LogP contribution in [0.4, 0.5) is 17.1 Å². The number of aromatic nitrogens is 1. The molecule has 0 aliphatic rings. The van der Waals surface area contributed by atoms with E-state index in [2.05, 4.69) is 216 Å². The van der Waals surface area contributed by atoms with Crippen LogP contribution in [0.1, 0.15) is 0 Å². The molecular weight excluding hydrogens is 717 g/mol. The number of benzene rings is 10. The first-order valence-corrected chi connectivity index (χ1v) is 20.2. The van der Waals surface area contributed by atoms with Gasteiger partial charge in [0.1, 0.15) is 11.2 Å². The lowest BCUT2D eigenvalue weighted by Gasteiger charge is -2.29. The summed E-state index contributed by atoms with van der Waals surface area (Å²) >= 11 is 0. The molecule has 10 aromatic carbocycles. The summed E-state index contributed by atoms with van der Waals surface area (Å²) in [4.78, 5) is 2.42. The average Bonchev–Trinajstić information content (AvgIpc) is 3.86. The van der Waals surface area contributed by atoms with Gasteiger partial charge in [-0.2, -0.15) is 0 Å². The lowest BCUT2D eigenvalue weighted by molar-refractivity contribution is 0.670. The maximum atomic E-state index is 6.48. The third-order valence-electron chi connectivity index (χ3n) is 12.0. The molecular formula is C56H36N2O. The number of para-hydroxylation sites is 6. The van der Waals surface area contributed by atoms with Crippen LogP contribution in [0.3, 0.4) is 0 Å². The van der Waals surface area contributed by atoms with E-state index in [4.69, 9.17) is 4.42 Å². The van der Waals surface area contributed by atoms with E-state index in [0.717, 1.165) is 66.9 Å². The standard InChI is InChI=1S/C56H36N2O/c1-2-15-42-37(14-1)28-29-39-32-35-41(36-50(39)42)57(40-33-30-38(31-34-40)43-21-13-22-49-48-20-7-12-27-55(48)59-56(43)49)51-23-8-3-16-44(51)45-17-4-9-24-52(45)58-53-25-10-5-18-46(53)47-19-6-11-26-54(47)58/h1-36H. The summed E-state index contributed by atoms with van der Waals surface area (Å²) in [7, 11) is 0. The van der Waals surface area contributed by atoms with Crippen molar-refractivity contribution in [1.29, 1.82) is 0 Å². The second-order valence-electron chi connectivity index (χ2n) is 15.3. The van der Waals surface area contributed by atoms with Gasteiger partial charge in [-0.1, -0.05) is 164 Å². The van der Waals surface area contributed by atoms with Crippen LogP contribution in [0.5, 0.6) is 0 Å². The highest BCUT2D eigenvalue weighted by atomic mass is 16.3. The quantitative estimate of drug-likeness (QED) is 0.158. The van der Waals surface area contributed by atoms with E-state index >= 15 is 0 Å². The first-order chi connectivity index (χ1) is 29.3. The summed E-state index contributed by atoms with van der Waals surface area (Å²) in [6.45, 7) is 0. The fourth-order valence-electron chi connectivity index (χ4n) is 9.30. The van der Waals surface area contributed by atoms with Crippen molar-refractivity contribution in [3.05, 3.63) is 218 Å². The summed E-state index contributed by atoms with van der Waals surface area (Å²) < 4.78 is 8.91. The van der Waals surface area contributed by atoms with Crippen molar-refractivity contribution in [3.63, 3.8) is 0 Å². The van der Waals surface area contributed by atoms with Gasteiger partial charge >= 0.3 is 0 Å². The molecule has 0 amide bonds. The number of nitrogens with zero attached hydrogens (tertiary/aromatic N) is 2. The van der Waals surface area contributed by atoms with E-state index in [-0.39, 0.29) is 0 Å². The van der Waals surface area contributed by atoms with Gasteiger partial charge in [-0.3, -0.25) is 0 Å². The maximum absolute atomic E-state index is 6.48. The van der Waals surface area contributed by atoms with E-state index in [0.29, 0.717) is 0 Å². The highest BCUT2D eigenvalue weighted by Gasteiger charge is 2.22. The molecule has 12 aromatic rings. The topological polar surface area (TPSA) is 21.3 Å². The van der Waals surface area contributed by atoms with Crippen LogP contribution in [0, 0.1) is 0 Å². The van der Waals surface area contributed by atoms with Gasteiger partial charge < -0.3 is 13.9 Å². The van der Waals surface area contributed by atoms with Crippen molar-refractivity contribution in [1.82, 2.24) is 4.57 Å². The van der Waals surface area contributed by atoms with Crippen LogP contribution < -0.4 is 4.90 Å². The highest BCUT2D eigenvalue weighted by molar-refractivity contribution is 6.12. The van der Waals surface area contributed by atoms with E-state index in [1.165, 1.54) is 43.4 Å². The van der Waals surface area contributed by atoms with Crippen LogP contribution >= 0.6 is 0 Å². The van der Waals surface area contributed by atoms with Crippen LogP contribution in [0.2, 0.25) is 0 Å². The Labute approximate surface area is 341 Å². The minimum Gasteiger partial charge on any atom is -0.455 e. The Morgan fingerprint density at radius 3 is 1.71 bits per heavy atom. The predicted molar refractivity (Wildman–Crippen MR) is 249 cm³/mol. The molecule has 12 rings (SSSR count). The molecule has 3 nitrogen and oxygen atoms in total. The summed E-state index contributed by atoms with van der Waals surface area (Å²) in [5.41, 5.74) is 13.0. The SMILES string of the molecule is c1ccc(N(c2ccc(-c3cccc4c3oc3ccccc34)cc2)c2ccc3ccc4ccccc4c3c2)c(-c2ccccc2-n2c3ccccc3c3ccccc32)c1. The van der Waals surface area contributed by atoms with Crippen molar-refractivity contribution in [2.75, 3.05) is 4.90 Å². The number of rotatable bonds is 6. The molecule has 0 saturated carbocycles. The van der Waals surface area contributed by atoms with Gasteiger partial charge in [-0.15, -0.1) is 0 Å². The predicted octanol–water partition coefficient (Wildman–Crippen LogP) is 15.8. The van der Waals surface area contributed by atoms with Gasteiger partial charge in [-0.05, 0) is 81.7 Å². The van der Waals surface area contributed by atoms with Gasteiger partial charge in [0.05, 0.1) is 22.4 Å². The molecule has 3 heteroatoms. The summed E-state index contributed by atoms with van der Waals surface area (Å²) in [5.74, 6) is 0. The fraction of sp³-hybridized carbons (Fsp3) is 0. The Morgan fingerprint density at radius 2 is 0.915 bits per heavy atom. The van der Waals surface area contributed by atoms with Crippen molar-refractivity contribution in [2.24, 2.45) is 0 Å². The summed E-state index contributed by atoms with van der Waals surface area (Å²) in [6, 6.07) is 78.8. The molecule has 0 fully saturated rings. The van der Waals surface area contributed by atoms with Gasteiger partial charge in [0, 0.05) is 49.6 Å². The minimum absolute atomic E-state index is 0.902. The van der Waals surface area contributed by atoms with Gasteiger partial charge in [0.2, 0.25) is 0 Å². The molecule has 0 spiro atoms. The monoisotopic (exact) mass is 752 g/mol. The minimum atomic E-state index is 0.902. The molecule has 0 saturated heterocycles. The highest BCUT2D eigenvalue weighted by Crippen LogP contribution is 2.46. The molecule has 0 N–H and O–H groups in total. The molecule has 2 heterocycles. The summed E-state index contributed by atoms with van der Waals surface area (Å²) in [6.07, 6.45) is 0.